The Bertz CT molecular complexity index is 611. The number of rotatable bonds is 3. The van der Waals surface area contributed by atoms with Crippen molar-refractivity contribution >= 4 is 29.2 Å². The molecule has 0 atom stereocenters. The van der Waals surface area contributed by atoms with Gasteiger partial charge in [-0.05, 0) is 48.5 Å². The van der Waals surface area contributed by atoms with Crippen LogP contribution < -0.4 is 0 Å². The van der Waals surface area contributed by atoms with E-state index in [0.717, 1.165) is 0 Å². The summed E-state index contributed by atoms with van der Waals surface area (Å²) in [6.45, 7) is 0. The molecule has 0 aliphatic heterocycles. The lowest BCUT2D eigenvalue weighted by molar-refractivity contribution is 0.103. The molecule has 4 heteroatoms. The molecule has 0 unspecified atom stereocenters. The van der Waals surface area contributed by atoms with E-state index in [2.05, 4.69) is 4.99 Å². The van der Waals surface area contributed by atoms with Crippen molar-refractivity contribution in [1.82, 2.24) is 0 Å². The standard InChI is InChI=1S/C14H8ClNO2/c15-12-5-1-10(2-6-12)14(18)11-3-7-13(8-4-11)16-9-17/h1-8H. The number of carbonyl (C=O) groups excluding carboxylic acids is 2. The minimum absolute atomic E-state index is 0.103. The number of isocyanates is 1. The van der Waals surface area contributed by atoms with E-state index in [4.69, 9.17) is 11.6 Å². The third-order valence-electron chi connectivity index (χ3n) is 2.41. The van der Waals surface area contributed by atoms with Crippen molar-refractivity contribution in [2.24, 2.45) is 4.99 Å². The zero-order valence-electron chi connectivity index (χ0n) is 9.26. The summed E-state index contributed by atoms with van der Waals surface area (Å²) < 4.78 is 0. The molecule has 0 fully saturated rings. The maximum atomic E-state index is 12.1. The molecule has 2 aromatic carbocycles. The van der Waals surface area contributed by atoms with Gasteiger partial charge in [-0.25, -0.2) is 4.79 Å². The van der Waals surface area contributed by atoms with Gasteiger partial charge in [-0.15, -0.1) is 0 Å². The van der Waals surface area contributed by atoms with Gasteiger partial charge in [0.2, 0.25) is 6.08 Å². The van der Waals surface area contributed by atoms with E-state index >= 15 is 0 Å². The summed E-state index contributed by atoms with van der Waals surface area (Å²) in [6, 6.07) is 13.1. The zero-order chi connectivity index (χ0) is 13.0. The molecule has 0 N–H and O–H groups in total. The van der Waals surface area contributed by atoms with Gasteiger partial charge in [0, 0.05) is 16.1 Å². The monoisotopic (exact) mass is 257 g/mol. The lowest BCUT2D eigenvalue weighted by Crippen LogP contribution is -2.00. The molecule has 0 aromatic heterocycles. The Morgan fingerprint density at radius 2 is 1.44 bits per heavy atom. The molecule has 0 aliphatic rings. The number of halogens is 1. The van der Waals surface area contributed by atoms with Gasteiger partial charge in [-0.1, -0.05) is 11.6 Å². The Labute approximate surface area is 109 Å². The molecule has 0 saturated heterocycles. The Balaban J connectivity index is 2.28. The molecule has 2 rings (SSSR count). The van der Waals surface area contributed by atoms with Crippen LogP contribution >= 0.6 is 11.6 Å². The second kappa shape index (κ2) is 5.41. The summed E-state index contributed by atoms with van der Waals surface area (Å²) in [7, 11) is 0. The van der Waals surface area contributed by atoms with Crippen LogP contribution in [0.1, 0.15) is 15.9 Å². The second-order valence-corrected chi connectivity index (χ2v) is 4.02. The van der Waals surface area contributed by atoms with Crippen molar-refractivity contribution < 1.29 is 9.59 Å². The van der Waals surface area contributed by atoms with E-state index in [1.807, 2.05) is 0 Å². The van der Waals surface area contributed by atoms with Crippen LogP contribution in [0.2, 0.25) is 5.02 Å². The van der Waals surface area contributed by atoms with E-state index in [-0.39, 0.29) is 5.78 Å². The van der Waals surface area contributed by atoms with Crippen LogP contribution in [-0.4, -0.2) is 11.9 Å². The first kappa shape index (κ1) is 12.2. The first-order valence-electron chi connectivity index (χ1n) is 5.19. The van der Waals surface area contributed by atoms with E-state index in [1.165, 1.54) is 6.08 Å². The molecule has 0 amide bonds. The molecular formula is C14H8ClNO2. The van der Waals surface area contributed by atoms with Crippen molar-refractivity contribution in [3.63, 3.8) is 0 Å². The number of aliphatic imine (C=N–C) groups is 1. The molecule has 3 nitrogen and oxygen atoms in total. The van der Waals surface area contributed by atoms with Gasteiger partial charge in [0.25, 0.3) is 0 Å². The van der Waals surface area contributed by atoms with E-state index in [1.54, 1.807) is 48.5 Å². The zero-order valence-corrected chi connectivity index (χ0v) is 10.0. The van der Waals surface area contributed by atoms with E-state index < -0.39 is 0 Å². The lowest BCUT2D eigenvalue weighted by atomic mass is 10.0. The van der Waals surface area contributed by atoms with Gasteiger partial charge < -0.3 is 0 Å². The fourth-order valence-electron chi connectivity index (χ4n) is 1.51. The number of ketones is 1. The number of hydrogen-bond donors (Lipinski definition) is 0. The van der Waals surface area contributed by atoms with Crippen LogP contribution in [-0.2, 0) is 4.79 Å². The molecule has 0 aliphatic carbocycles. The normalized spacial score (nSPS) is 9.61. The average molecular weight is 258 g/mol. The minimum atomic E-state index is -0.103. The fourth-order valence-corrected chi connectivity index (χ4v) is 1.63. The number of benzene rings is 2. The summed E-state index contributed by atoms with van der Waals surface area (Å²) in [5.74, 6) is -0.103. The minimum Gasteiger partial charge on any atom is -0.289 e. The van der Waals surface area contributed by atoms with Crippen LogP contribution in [0.25, 0.3) is 0 Å². The highest BCUT2D eigenvalue weighted by Gasteiger charge is 2.08. The average Bonchev–Trinajstić information content (AvgIpc) is 2.40. The van der Waals surface area contributed by atoms with Gasteiger partial charge in [0.1, 0.15) is 0 Å². The van der Waals surface area contributed by atoms with Crippen molar-refractivity contribution in [3.05, 3.63) is 64.7 Å². The Hall–Kier alpha value is -2.22. The molecule has 0 bridgehead atoms. The molecule has 88 valence electrons. The van der Waals surface area contributed by atoms with Crippen LogP contribution in [0, 0.1) is 0 Å². The lowest BCUT2D eigenvalue weighted by Gasteiger charge is -2.01. The van der Waals surface area contributed by atoms with Crippen molar-refractivity contribution in [2.45, 2.75) is 0 Å². The van der Waals surface area contributed by atoms with Gasteiger partial charge in [0.15, 0.2) is 5.78 Å². The third-order valence-corrected chi connectivity index (χ3v) is 2.66. The topological polar surface area (TPSA) is 46.5 Å². The Morgan fingerprint density at radius 1 is 0.944 bits per heavy atom. The third kappa shape index (κ3) is 2.72. The maximum Gasteiger partial charge on any atom is 0.240 e. The second-order valence-electron chi connectivity index (χ2n) is 3.59. The quantitative estimate of drug-likeness (QED) is 0.480. The molecule has 0 spiro atoms. The number of nitrogens with zero attached hydrogens (tertiary/aromatic N) is 1. The predicted molar refractivity (Wildman–Crippen MR) is 69.1 cm³/mol. The maximum absolute atomic E-state index is 12.1. The predicted octanol–water partition coefficient (Wildman–Crippen LogP) is 3.54. The molecule has 18 heavy (non-hydrogen) atoms. The first-order valence-corrected chi connectivity index (χ1v) is 5.57. The van der Waals surface area contributed by atoms with E-state index in [0.29, 0.717) is 21.8 Å². The fraction of sp³-hybridized carbons (Fsp3) is 0. The van der Waals surface area contributed by atoms with Crippen molar-refractivity contribution in [2.75, 3.05) is 0 Å². The summed E-state index contributed by atoms with van der Waals surface area (Å²) in [5.41, 5.74) is 1.56. The summed E-state index contributed by atoms with van der Waals surface area (Å²) in [5, 5.41) is 0.585. The van der Waals surface area contributed by atoms with Crippen LogP contribution in [0.3, 0.4) is 0 Å². The molecule has 0 saturated carbocycles. The van der Waals surface area contributed by atoms with Gasteiger partial charge in [-0.3, -0.25) is 4.79 Å². The Kier molecular flexibility index (Phi) is 3.68. The van der Waals surface area contributed by atoms with Crippen molar-refractivity contribution in [1.29, 1.82) is 0 Å². The smallest absolute Gasteiger partial charge is 0.240 e. The summed E-state index contributed by atoms with van der Waals surface area (Å²) in [6.07, 6.45) is 1.45. The largest absolute Gasteiger partial charge is 0.289 e. The van der Waals surface area contributed by atoms with Crippen LogP contribution in [0.15, 0.2) is 53.5 Å². The van der Waals surface area contributed by atoms with Crippen LogP contribution in [0.5, 0.6) is 0 Å². The molecule has 0 radical (unpaired) electrons. The highest BCUT2D eigenvalue weighted by molar-refractivity contribution is 6.30. The highest BCUT2D eigenvalue weighted by Crippen LogP contribution is 2.17. The van der Waals surface area contributed by atoms with Gasteiger partial charge in [0.05, 0.1) is 5.69 Å². The Morgan fingerprint density at radius 3 is 1.94 bits per heavy atom. The summed E-state index contributed by atoms with van der Waals surface area (Å²) >= 11 is 5.76. The number of hydrogen-bond acceptors (Lipinski definition) is 3. The van der Waals surface area contributed by atoms with Gasteiger partial charge >= 0.3 is 0 Å². The molecule has 2 aromatic rings. The SMILES string of the molecule is O=C=Nc1ccc(C(=O)c2ccc(Cl)cc2)cc1. The van der Waals surface area contributed by atoms with Crippen molar-refractivity contribution in [3.8, 4) is 0 Å². The highest BCUT2D eigenvalue weighted by atomic mass is 35.5. The first-order chi connectivity index (χ1) is 8.70. The van der Waals surface area contributed by atoms with E-state index in [9.17, 15) is 9.59 Å². The summed E-state index contributed by atoms with van der Waals surface area (Å²) in [4.78, 5) is 25.6. The van der Waals surface area contributed by atoms with Crippen LogP contribution in [0.4, 0.5) is 5.69 Å². The number of carbonyl (C=O) groups is 1. The molecule has 0 heterocycles. The molecular weight excluding hydrogens is 250 g/mol. The van der Waals surface area contributed by atoms with Gasteiger partial charge in [-0.2, -0.15) is 4.99 Å².